The van der Waals surface area contributed by atoms with Crippen LogP contribution in [0.5, 0.6) is 0 Å². The van der Waals surface area contributed by atoms with Gasteiger partial charge in [-0.3, -0.25) is 4.98 Å². The minimum absolute atomic E-state index is 0.155. The van der Waals surface area contributed by atoms with Crippen LogP contribution in [0, 0.1) is 0 Å². The third kappa shape index (κ3) is 1.86. The van der Waals surface area contributed by atoms with Crippen molar-refractivity contribution in [1.82, 2.24) is 4.98 Å². The van der Waals surface area contributed by atoms with Crippen LogP contribution in [0.1, 0.15) is 12.5 Å². The fourth-order valence-corrected chi connectivity index (χ4v) is 0.698. The molecule has 0 saturated carbocycles. The van der Waals surface area contributed by atoms with Gasteiger partial charge in [0.25, 0.3) is 5.92 Å². The average Bonchev–Trinajstić information content (AvgIpc) is 1.86. The third-order valence-electron chi connectivity index (χ3n) is 1.27. The predicted molar refractivity (Wildman–Crippen MR) is 38.2 cm³/mol. The monoisotopic (exact) mass is 158 g/mol. The highest BCUT2D eigenvalue weighted by Crippen LogP contribution is 2.26. The molecule has 0 fully saturated rings. The number of nitrogens with zero attached hydrogens (tertiary/aromatic N) is 1. The molecule has 0 aromatic carbocycles. The highest BCUT2D eigenvalue weighted by Gasteiger charge is 2.24. The molecule has 0 amide bonds. The van der Waals surface area contributed by atoms with Crippen LogP contribution in [-0.2, 0) is 5.92 Å². The Labute approximate surface area is 63.1 Å². The van der Waals surface area contributed by atoms with Gasteiger partial charge in [0, 0.05) is 24.9 Å². The summed E-state index contributed by atoms with van der Waals surface area (Å²) < 4.78 is 25.1. The van der Waals surface area contributed by atoms with Gasteiger partial charge in [-0.1, -0.05) is 0 Å². The molecule has 1 rings (SSSR count). The first-order valence-electron chi connectivity index (χ1n) is 3.09. The molecule has 0 atom stereocenters. The van der Waals surface area contributed by atoms with Crippen LogP contribution >= 0.6 is 0 Å². The van der Waals surface area contributed by atoms with Crippen LogP contribution in [0.4, 0.5) is 14.5 Å². The molecule has 1 aromatic heterocycles. The maximum absolute atomic E-state index is 12.5. The summed E-state index contributed by atoms with van der Waals surface area (Å²) in [6.45, 7) is 0.809. The van der Waals surface area contributed by atoms with Crippen LogP contribution in [-0.4, -0.2) is 4.98 Å². The van der Waals surface area contributed by atoms with E-state index in [-0.39, 0.29) is 11.3 Å². The second-order valence-electron chi connectivity index (χ2n) is 2.40. The molecular weight excluding hydrogens is 150 g/mol. The summed E-state index contributed by atoms with van der Waals surface area (Å²) in [5.41, 5.74) is 5.36. The molecule has 4 heteroatoms. The van der Waals surface area contributed by atoms with Gasteiger partial charge in [-0.25, -0.2) is 8.78 Å². The Morgan fingerprint density at radius 1 is 1.45 bits per heavy atom. The number of pyridine rings is 1. The second-order valence-corrected chi connectivity index (χ2v) is 2.40. The van der Waals surface area contributed by atoms with Crippen molar-refractivity contribution in [3.8, 4) is 0 Å². The molecule has 1 aromatic rings. The molecule has 2 nitrogen and oxygen atoms in total. The van der Waals surface area contributed by atoms with E-state index in [1.54, 1.807) is 0 Å². The molecule has 11 heavy (non-hydrogen) atoms. The topological polar surface area (TPSA) is 38.9 Å². The van der Waals surface area contributed by atoms with E-state index in [0.29, 0.717) is 0 Å². The maximum atomic E-state index is 12.5. The molecule has 0 saturated heterocycles. The first-order valence-corrected chi connectivity index (χ1v) is 3.09. The molecule has 0 unspecified atom stereocenters. The molecule has 0 spiro atoms. The maximum Gasteiger partial charge on any atom is 0.272 e. The molecule has 60 valence electrons. The van der Waals surface area contributed by atoms with Gasteiger partial charge in [0.2, 0.25) is 0 Å². The molecule has 0 aliphatic rings. The van der Waals surface area contributed by atoms with Gasteiger partial charge >= 0.3 is 0 Å². The molecule has 0 aliphatic carbocycles. The van der Waals surface area contributed by atoms with Crippen molar-refractivity contribution in [2.24, 2.45) is 0 Å². The number of aromatic nitrogens is 1. The third-order valence-corrected chi connectivity index (χ3v) is 1.27. The van der Waals surface area contributed by atoms with E-state index < -0.39 is 5.92 Å². The van der Waals surface area contributed by atoms with Crippen LogP contribution in [0.2, 0.25) is 0 Å². The summed E-state index contributed by atoms with van der Waals surface area (Å²) >= 11 is 0. The van der Waals surface area contributed by atoms with Crippen molar-refractivity contribution in [3.63, 3.8) is 0 Å². The van der Waals surface area contributed by atoms with Crippen LogP contribution < -0.4 is 5.73 Å². The highest BCUT2D eigenvalue weighted by molar-refractivity contribution is 5.38. The smallest absolute Gasteiger partial charge is 0.272 e. The zero-order valence-corrected chi connectivity index (χ0v) is 6.01. The molecule has 0 radical (unpaired) electrons. The van der Waals surface area contributed by atoms with E-state index in [1.165, 1.54) is 12.3 Å². The van der Waals surface area contributed by atoms with E-state index in [9.17, 15) is 8.78 Å². The molecular formula is C7H8F2N2. The minimum atomic E-state index is -2.86. The summed E-state index contributed by atoms with van der Waals surface area (Å²) in [7, 11) is 0. The number of anilines is 1. The number of hydrogen-bond acceptors (Lipinski definition) is 2. The van der Waals surface area contributed by atoms with E-state index in [2.05, 4.69) is 4.98 Å². The van der Waals surface area contributed by atoms with Crippen molar-refractivity contribution >= 4 is 5.69 Å². The Kier molecular flexibility index (Phi) is 1.76. The van der Waals surface area contributed by atoms with E-state index in [1.807, 2.05) is 0 Å². The minimum Gasteiger partial charge on any atom is -0.397 e. The standard InChI is InChI=1S/C7H8F2N2/c1-7(8,9)5-2-6(10)4-11-3-5/h2-4H,10H2,1H3. The fraction of sp³-hybridized carbons (Fsp3) is 0.286. The molecule has 0 bridgehead atoms. The lowest BCUT2D eigenvalue weighted by Crippen LogP contribution is -2.07. The second kappa shape index (κ2) is 2.45. The lowest BCUT2D eigenvalue weighted by molar-refractivity contribution is 0.0172. The Morgan fingerprint density at radius 3 is 2.45 bits per heavy atom. The van der Waals surface area contributed by atoms with Gasteiger partial charge in [-0.05, 0) is 6.07 Å². The van der Waals surface area contributed by atoms with Gasteiger partial charge in [-0.2, -0.15) is 0 Å². The van der Waals surface area contributed by atoms with Crippen LogP contribution in [0.3, 0.4) is 0 Å². The zero-order chi connectivity index (χ0) is 8.48. The van der Waals surface area contributed by atoms with Gasteiger partial charge in [0.1, 0.15) is 0 Å². The first kappa shape index (κ1) is 7.91. The normalized spacial score (nSPS) is 11.5. The fourth-order valence-electron chi connectivity index (χ4n) is 0.698. The lowest BCUT2D eigenvalue weighted by atomic mass is 10.2. The Morgan fingerprint density at radius 2 is 2.09 bits per heavy atom. The van der Waals surface area contributed by atoms with Crippen molar-refractivity contribution in [2.75, 3.05) is 5.73 Å². The summed E-state index contributed by atoms with van der Waals surface area (Å²) in [5.74, 6) is -2.86. The number of rotatable bonds is 1. The summed E-state index contributed by atoms with van der Waals surface area (Å²) in [5, 5.41) is 0. The summed E-state index contributed by atoms with van der Waals surface area (Å²) in [6.07, 6.45) is 2.44. The molecule has 0 aliphatic heterocycles. The SMILES string of the molecule is CC(F)(F)c1cncc(N)c1. The zero-order valence-electron chi connectivity index (χ0n) is 6.01. The van der Waals surface area contributed by atoms with Gasteiger partial charge in [-0.15, -0.1) is 0 Å². The lowest BCUT2D eigenvalue weighted by Gasteiger charge is -2.09. The summed E-state index contributed by atoms with van der Waals surface area (Å²) in [6, 6.07) is 1.22. The quantitative estimate of drug-likeness (QED) is 0.676. The number of alkyl halides is 2. The van der Waals surface area contributed by atoms with Crippen molar-refractivity contribution in [2.45, 2.75) is 12.8 Å². The van der Waals surface area contributed by atoms with Crippen LogP contribution in [0.25, 0.3) is 0 Å². The van der Waals surface area contributed by atoms with E-state index in [0.717, 1.165) is 13.1 Å². The van der Waals surface area contributed by atoms with Crippen molar-refractivity contribution in [3.05, 3.63) is 24.0 Å². The largest absolute Gasteiger partial charge is 0.397 e. The van der Waals surface area contributed by atoms with Crippen molar-refractivity contribution in [1.29, 1.82) is 0 Å². The molecule has 1 heterocycles. The number of halogens is 2. The van der Waals surface area contributed by atoms with Gasteiger partial charge < -0.3 is 5.73 Å². The average molecular weight is 158 g/mol. The van der Waals surface area contributed by atoms with Crippen LogP contribution in [0.15, 0.2) is 18.5 Å². The number of nitrogen functional groups attached to an aromatic ring is 1. The van der Waals surface area contributed by atoms with Gasteiger partial charge in [0.05, 0.1) is 5.69 Å². The van der Waals surface area contributed by atoms with E-state index >= 15 is 0 Å². The Bertz CT molecular complexity index is 255. The van der Waals surface area contributed by atoms with E-state index in [4.69, 9.17) is 5.73 Å². The molecule has 2 N–H and O–H groups in total. The number of nitrogens with two attached hydrogens (primary N) is 1. The predicted octanol–water partition coefficient (Wildman–Crippen LogP) is 1.78. The van der Waals surface area contributed by atoms with Crippen molar-refractivity contribution < 1.29 is 8.78 Å². The Balaban J connectivity index is 3.06. The Hall–Kier alpha value is -1.19. The number of hydrogen-bond donors (Lipinski definition) is 1. The highest BCUT2D eigenvalue weighted by atomic mass is 19.3. The first-order chi connectivity index (χ1) is 5.00. The van der Waals surface area contributed by atoms with Gasteiger partial charge in [0.15, 0.2) is 0 Å². The summed E-state index contributed by atoms with van der Waals surface area (Å²) in [4.78, 5) is 3.55.